The van der Waals surface area contributed by atoms with Crippen molar-refractivity contribution in [1.29, 1.82) is 0 Å². The number of rotatable bonds is 5. The molecule has 2 aliphatic heterocycles. The second kappa shape index (κ2) is 9.19. The number of piperidine rings is 1. The highest BCUT2D eigenvalue weighted by Gasteiger charge is 2.36. The highest BCUT2D eigenvalue weighted by Crippen LogP contribution is 2.32. The SMILES string of the molecule is CC(=O)N1c2ccccc2CC1C(=O)NCC1CCN(Cc2ccc(Cl)cc2)CC1. The topological polar surface area (TPSA) is 52.7 Å². The zero-order valence-corrected chi connectivity index (χ0v) is 18.1. The molecule has 0 bridgehead atoms. The Bertz CT molecular complexity index is 907. The molecule has 0 saturated carbocycles. The van der Waals surface area contributed by atoms with Crippen LogP contribution in [-0.4, -0.2) is 42.4 Å². The molecule has 1 saturated heterocycles. The first-order valence-corrected chi connectivity index (χ1v) is 11.0. The molecule has 2 heterocycles. The summed E-state index contributed by atoms with van der Waals surface area (Å²) in [5, 5.41) is 3.88. The maximum absolute atomic E-state index is 12.9. The Kier molecular flexibility index (Phi) is 6.40. The first-order chi connectivity index (χ1) is 14.5. The summed E-state index contributed by atoms with van der Waals surface area (Å²) in [6.45, 7) is 5.18. The standard InChI is InChI=1S/C24H28ClN3O2/c1-17(29)28-22-5-3-2-4-20(22)14-23(28)24(30)26-15-18-10-12-27(13-11-18)16-19-6-8-21(25)9-7-19/h2-9,18,23H,10-16H2,1H3,(H,26,30). The highest BCUT2D eigenvalue weighted by molar-refractivity contribution is 6.30. The Hall–Kier alpha value is -2.37. The van der Waals surface area contributed by atoms with Crippen molar-refractivity contribution in [3.05, 3.63) is 64.7 Å². The number of nitrogens with zero attached hydrogens (tertiary/aromatic N) is 2. The first-order valence-electron chi connectivity index (χ1n) is 10.6. The number of hydrogen-bond acceptors (Lipinski definition) is 3. The second-order valence-corrected chi connectivity index (χ2v) is 8.77. The van der Waals surface area contributed by atoms with Gasteiger partial charge in [0.2, 0.25) is 11.8 Å². The summed E-state index contributed by atoms with van der Waals surface area (Å²) in [6.07, 6.45) is 2.71. The molecule has 0 aromatic heterocycles. The minimum Gasteiger partial charge on any atom is -0.354 e. The molecule has 0 aliphatic carbocycles. The quantitative estimate of drug-likeness (QED) is 0.795. The molecular weight excluding hydrogens is 398 g/mol. The van der Waals surface area contributed by atoms with Gasteiger partial charge in [0.15, 0.2) is 0 Å². The third-order valence-electron chi connectivity index (χ3n) is 6.21. The number of fused-ring (bicyclic) bond motifs is 1. The van der Waals surface area contributed by atoms with E-state index in [0.717, 1.165) is 48.7 Å². The lowest BCUT2D eigenvalue weighted by molar-refractivity contribution is -0.125. The van der Waals surface area contributed by atoms with Crippen molar-refractivity contribution in [2.24, 2.45) is 5.92 Å². The zero-order chi connectivity index (χ0) is 21.1. The van der Waals surface area contributed by atoms with Crippen LogP contribution in [-0.2, 0) is 22.6 Å². The monoisotopic (exact) mass is 425 g/mol. The Balaban J connectivity index is 1.26. The zero-order valence-electron chi connectivity index (χ0n) is 17.3. The van der Waals surface area contributed by atoms with Crippen LogP contribution < -0.4 is 10.2 Å². The fourth-order valence-electron chi connectivity index (χ4n) is 4.54. The van der Waals surface area contributed by atoms with Crippen LogP contribution >= 0.6 is 11.6 Å². The molecule has 1 unspecified atom stereocenters. The molecule has 158 valence electrons. The summed E-state index contributed by atoms with van der Waals surface area (Å²) in [6, 6.07) is 15.4. The predicted molar refractivity (Wildman–Crippen MR) is 120 cm³/mol. The molecule has 0 radical (unpaired) electrons. The molecule has 1 N–H and O–H groups in total. The largest absolute Gasteiger partial charge is 0.354 e. The van der Waals surface area contributed by atoms with Crippen molar-refractivity contribution >= 4 is 29.1 Å². The number of amides is 2. The molecule has 1 fully saturated rings. The van der Waals surface area contributed by atoms with E-state index in [1.54, 1.807) is 4.90 Å². The molecule has 2 aromatic carbocycles. The smallest absolute Gasteiger partial charge is 0.243 e. The van der Waals surface area contributed by atoms with Crippen LogP contribution in [0.15, 0.2) is 48.5 Å². The third-order valence-corrected chi connectivity index (χ3v) is 6.46. The number of carbonyl (C=O) groups is 2. The molecular formula is C24H28ClN3O2. The van der Waals surface area contributed by atoms with E-state index in [1.807, 2.05) is 36.4 Å². The maximum Gasteiger partial charge on any atom is 0.243 e. The van der Waals surface area contributed by atoms with Gasteiger partial charge >= 0.3 is 0 Å². The number of carbonyl (C=O) groups excluding carboxylic acids is 2. The summed E-state index contributed by atoms with van der Waals surface area (Å²) in [5.41, 5.74) is 3.19. The van der Waals surface area contributed by atoms with Crippen molar-refractivity contribution in [3.63, 3.8) is 0 Å². The second-order valence-electron chi connectivity index (χ2n) is 8.33. The predicted octanol–water partition coefficient (Wildman–Crippen LogP) is 3.65. The lowest BCUT2D eigenvalue weighted by Crippen LogP contribution is -2.49. The molecule has 0 spiro atoms. The average Bonchev–Trinajstić information content (AvgIpc) is 3.15. The van der Waals surface area contributed by atoms with Crippen LogP contribution in [0.3, 0.4) is 0 Å². The number of likely N-dealkylation sites (tertiary alicyclic amines) is 1. The van der Waals surface area contributed by atoms with E-state index < -0.39 is 6.04 Å². The Morgan fingerprint density at radius 1 is 1.07 bits per heavy atom. The van der Waals surface area contributed by atoms with E-state index >= 15 is 0 Å². The van der Waals surface area contributed by atoms with Gasteiger partial charge < -0.3 is 5.32 Å². The van der Waals surface area contributed by atoms with Gasteiger partial charge in [-0.3, -0.25) is 19.4 Å². The van der Waals surface area contributed by atoms with Gasteiger partial charge in [0.1, 0.15) is 6.04 Å². The van der Waals surface area contributed by atoms with Gasteiger partial charge in [-0.15, -0.1) is 0 Å². The van der Waals surface area contributed by atoms with Crippen LogP contribution in [0.5, 0.6) is 0 Å². The van der Waals surface area contributed by atoms with Gasteiger partial charge in [0.05, 0.1) is 0 Å². The van der Waals surface area contributed by atoms with Crippen LogP contribution in [0.2, 0.25) is 5.02 Å². The maximum atomic E-state index is 12.9. The van der Waals surface area contributed by atoms with Crippen LogP contribution in [0.1, 0.15) is 30.9 Å². The molecule has 30 heavy (non-hydrogen) atoms. The van der Waals surface area contributed by atoms with Gasteiger partial charge in [0, 0.05) is 37.1 Å². The molecule has 2 aromatic rings. The molecule has 2 aliphatic rings. The Labute approximate surface area is 183 Å². The number of nitrogens with one attached hydrogen (secondary N) is 1. The summed E-state index contributed by atoms with van der Waals surface area (Å²) >= 11 is 5.96. The normalized spacial score (nSPS) is 19.5. The van der Waals surface area contributed by atoms with Crippen LogP contribution in [0.4, 0.5) is 5.69 Å². The van der Waals surface area contributed by atoms with Crippen molar-refractivity contribution in [2.75, 3.05) is 24.5 Å². The summed E-state index contributed by atoms with van der Waals surface area (Å²) in [4.78, 5) is 29.1. The van der Waals surface area contributed by atoms with Crippen molar-refractivity contribution in [1.82, 2.24) is 10.2 Å². The number of para-hydroxylation sites is 1. The van der Waals surface area contributed by atoms with Crippen molar-refractivity contribution in [3.8, 4) is 0 Å². The number of anilines is 1. The first kappa shape index (κ1) is 20.9. The summed E-state index contributed by atoms with van der Waals surface area (Å²) in [5.74, 6) is 0.338. The van der Waals surface area contributed by atoms with Gasteiger partial charge in [-0.05, 0) is 61.2 Å². The van der Waals surface area contributed by atoms with Crippen molar-refractivity contribution < 1.29 is 9.59 Å². The number of hydrogen-bond donors (Lipinski definition) is 1. The van der Waals surface area contributed by atoms with Gasteiger partial charge in [-0.1, -0.05) is 41.9 Å². The summed E-state index contributed by atoms with van der Waals surface area (Å²) in [7, 11) is 0. The van der Waals surface area contributed by atoms with E-state index in [4.69, 9.17) is 11.6 Å². The minimum atomic E-state index is -0.440. The Morgan fingerprint density at radius 3 is 2.47 bits per heavy atom. The van der Waals surface area contributed by atoms with Crippen LogP contribution in [0, 0.1) is 5.92 Å². The Morgan fingerprint density at radius 2 is 1.77 bits per heavy atom. The van der Waals surface area contributed by atoms with E-state index in [1.165, 1.54) is 12.5 Å². The lowest BCUT2D eigenvalue weighted by atomic mass is 9.96. The van der Waals surface area contributed by atoms with Gasteiger partial charge in [-0.25, -0.2) is 0 Å². The number of benzene rings is 2. The molecule has 4 rings (SSSR count). The highest BCUT2D eigenvalue weighted by atomic mass is 35.5. The molecule has 6 heteroatoms. The van der Waals surface area contributed by atoms with E-state index in [9.17, 15) is 9.59 Å². The fraction of sp³-hybridized carbons (Fsp3) is 0.417. The molecule has 5 nitrogen and oxygen atoms in total. The van der Waals surface area contributed by atoms with Crippen molar-refractivity contribution in [2.45, 2.75) is 38.8 Å². The van der Waals surface area contributed by atoms with E-state index in [-0.39, 0.29) is 11.8 Å². The fourth-order valence-corrected chi connectivity index (χ4v) is 4.67. The summed E-state index contributed by atoms with van der Waals surface area (Å²) < 4.78 is 0. The number of halogens is 1. The van der Waals surface area contributed by atoms with E-state index in [2.05, 4.69) is 22.3 Å². The third kappa shape index (κ3) is 4.68. The van der Waals surface area contributed by atoms with Gasteiger partial charge in [0.25, 0.3) is 0 Å². The minimum absolute atomic E-state index is 0.0509. The average molecular weight is 426 g/mol. The molecule has 2 amide bonds. The lowest BCUT2D eigenvalue weighted by Gasteiger charge is -2.32. The van der Waals surface area contributed by atoms with E-state index in [0.29, 0.717) is 18.9 Å². The van der Waals surface area contributed by atoms with Crippen LogP contribution in [0.25, 0.3) is 0 Å². The van der Waals surface area contributed by atoms with Gasteiger partial charge in [-0.2, -0.15) is 0 Å². The molecule has 1 atom stereocenters.